The van der Waals surface area contributed by atoms with E-state index >= 15 is 0 Å². The third-order valence-corrected chi connectivity index (χ3v) is 5.28. The van der Waals surface area contributed by atoms with Crippen LogP contribution in [0.4, 0.5) is 5.69 Å². The third-order valence-electron chi connectivity index (χ3n) is 4.75. The minimum atomic E-state index is -0.692. The Balaban J connectivity index is 1.57. The lowest BCUT2D eigenvalue weighted by Crippen LogP contribution is -2.47. The summed E-state index contributed by atoms with van der Waals surface area (Å²) in [5.74, 6) is -1.15. The Labute approximate surface area is 171 Å². The van der Waals surface area contributed by atoms with Crippen molar-refractivity contribution >= 4 is 33.4 Å². The Kier molecular flexibility index (Phi) is 6.41. The largest absolute Gasteiger partial charge is 0.351 e. The van der Waals surface area contributed by atoms with Crippen LogP contribution in [0.3, 0.4) is 0 Å². The summed E-state index contributed by atoms with van der Waals surface area (Å²) in [6.07, 6.45) is 1.31. The summed E-state index contributed by atoms with van der Waals surface area (Å²) >= 11 is 3.39. The van der Waals surface area contributed by atoms with Crippen molar-refractivity contribution in [3.63, 3.8) is 0 Å². The van der Waals surface area contributed by atoms with Gasteiger partial charge in [-0.2, -0.15) is 0 Å². The van der Waals surface area contributed by atoms with Gasteiger partial charge in [0, 0.05) is 36.2 Å². The molecule has 1 saturated heterocycles. The maximum absolute atomic E-state index is 12.8. The zero-order chi connectivity index (χ0) is 20.1. The predicted molar refractivity (Wildman–Crippen MR) is 107 cm³/mol. The van der Waals surface area contributed by atoms with Crippen molar-refractivity contribution in [1.29, 1.82) is 0 Å². The van der Waals surface area contributed by atoms with E-state index in [4.69, 9.17) is 0 Å². The van der Waals surface area contributed by atoms with Crippen molar-refractivity contribution in [2.75, 3.05) is 6.54 Å². The van der Waals surface area contributed by atoms with Crippen molar-refractivity contribution < 1.29 is 14.5 Å². The van der Waals surface area contributed by atoms with Crippen LogP contribution < -0.4 is 5.32 Å². The van der Waals surface area contributed by atoms with Crippen molar-refractivity contribution in [3.05, 3.63) is 74.2 Å². The molecule has 28 heavy (non-hydrogen) atoms. The van der Waals surface area contributed by atoms with Gasteiger partial charge >= 0.3 is 0 Å². The van der Waals surface area contributed by atoms with Crippen molar-refractivity contribution in [2.45, 2.75) is 25.9 Å². The Morgan fingerprint density at radius 2 is 1.79 bits per heavy atom. The number of likely N-dealkylation sites (tertiary alicyclic amines) is 1. The van der Waals surface area contributed by atoms with E-state index in [-0.39, 0.29) is 24.0 Å². The fourth-order valence-electron chi connectivity index (χ4n) is 3.20. The molecule has 2 aromatic rings. The van der Waals surface area contributed by atoms with Crippen LogP contribution >= 0.6 is 15.9 Å². The SMILES string of the molecule is O=C(NCc1ccc([N+](=O)[O-])cc1)C1CCCN(Cc2ccc(Br)cc2)C1=O. The normalized spacial score (nSPS) is 16.7. The Morgan fingerprint density at radius 1 is 1.14 bits per heavy atom. The standard InChI is InChI=1S/C20H20BrN3O4/c21-16-7-3-15(4-8-16)13-23-11-1-2-18(20(23)26)19(25)22-12-14-5-9-17(10-6-14)24(27)28/h3-10,18H,1-2,11-13H2,(H,22,25). The molecule has 3 rings (SSSR count). The van der Waals surface area contributed by atoms with Crippen LogP contribution in [0.2, 0.25) is 0 Å². The Morgan fingerprint density at radius 3 is 2.43 bits per heavy atom. The second-order valence-electron chi connectivity index (χ2n) is 6.72. The smallest absolute Gasteiger partial charge is 0.269 e. The molecule has 2 amide bonds. The highest BCUT2D eigenvalue weighted by molar-refractivity contribution is 9.10. The number of nitrogens with one attached hydrogen (secondary N) is 1. The van der Waals surface area contributed by atoms with E-state index in [9.17, 15) is 19.7 Å². The summed E-state index contributed by atoms with van der Waals surface area (Å²) in [4.78, 5) is 37.2. The summed E-state index contributed by atoms with van der Waals surface area (Å²) in [7, 11) is 0. The van der Waals surface area contributed by atoms with Crippen molar-refractivity contribution in [3.8, 4) is 0 Å². The van der Waals surface area contributed by atoms with Gasteiger partial charge in [0.15, 0.2) is 0 Å². The van der Waals surface area contributed by atoms with Crippen LogP contribution in [0.1, 0.15) is 24.0 Å². The molecule has 1 heterocycles. The van der Waals surface area contributed by atoms with Crippen LogP contribution in [0.15, 0.2) is 53.0 Å². The number of nitro groups is 1. The lowest BCUT2D eigenvalue weighted by molar-refractivity contribution is -0.384. The summed E-state index contributed by atoms with van der Waals surface area (Å²) in [5, 5.41) is 13.5. The second-order valence-corrected chi connectivity index (χ2v) is 7.64. The number of halogens is 1. The van der Waals surface area contributed by atoms with Gasteiger partial charge in [-0.25, -0.2) is 0 Å². The van der Waals surface area contributed by atoms with Gasteiger partial charge in [0.1, 0.15) is 5.92 Å². The van der Waals surface area contributed by atoms with E-state index in [0.29, 0.717) is 19.5 Å². The Bertz CT molecular complexity index is 868. The fourth-order valence-corrected chi connectivity index (χ4v) is 3.46. The first-order valence-corrected chi connectivity index (χ1v) is 9.77. The van der Waals surface area contributed by atoms with Crippen LogP contribution in [0.25, 0.3) is 0 Å². The number of non-ortho nitro benzene ring substituents is 1. The molecular formula is C20H20BrN3O4. The van der Waals surface area contributed by atoms with Gasteiger partial charge in [-0.1, -0.05) is 40.2 Å². The number of carbonyl (C=O) groups is 2. The molecule has 1 aliphatic heterocycles. The molecule has 0 spiro atoms. The molecule has 1 aliphatic rings. The van der Waals surface area contributed by atoms with Gasteiger partial charge in [0.2, 0.25) is 11.8 Å². The number of hydrogen-bond donors (Lipinski definition) is 1. The first-order valence-electron chi connectivity index (χ1n) is 8.98. The summed E-state index contributed by atoms with van der Waals surface area (Å²) < 4.78 is 0.977. The van der Waals surface area contributed by atoms with Gasteiger partial charge < -0.3 is 10.2 Å². The van der Waals surface area contributed by atoms with Gasteiger partial charge in [-0.3, -0.25) is 19.7 Å². The van der Waals surface area contributed by atoms with E-state index in [0.717, 1.165) is 22.0 Å². The number of carbonyl (C=O) groups excluding carboxylic acids is 2. The molecular weight excluding hydrogens is 426 g/mol. The van der Waals surface area contributed by atoms with E-state index in [1.54, 1.807) is 17.0 Å². The van der Waals surface area contributed by atoms with Gasteiger partial charge in [0.05, 0.1) is 4.92 Å². The van der Waals surface area contributed by atoms with Gasteiger partial charge in [-0.15, -0.1) is 0 Å². The first kappa shape index (κ1) is 20.0. The topological polar surface area (TPSA) is 92.5 Å². The van der Waals surface area contributed by atoms with E-state index in [1.807, 2.05) is 24.3 Å². The van der Waals surface area contributed by atoms with Crippen LogP contribution in [0.5, 0.6) is 0 Å². The first-order chi connectivity index (χ1) is 13.4. The molecule has 0 aliphatic carbocycles. The lowest BCUT2D eigenvalue weighted by atomic mass is 9.95. The molecule has 7 nitrogen and oxygen atoms in total. The summed E-state index contributed by atoms with van der Waals surface area (Å²) in [6.45, 7) is 1.35. The number of piperidine rings is 1. The average molecular weight is 446 g/mol. The highest BCUT2D eigenvalue weighted by Gasteiger charge is 2.33. The lowest BCUT2D eigenvalue weighted by Gasteiger charge is -2.31. The van der Waals surface area contributed by atoms with Gasteiger partial charge in [0.25, 0.3) is 5.69 Å². The molecule has 1 unspecified atom stereocenters. The fraction of sp³-hybridized carbons (Fsp3) is 0.300. The number of benzene rings is 2. The molecule has 0 radical (unpaired) electrons. The molecule has 2 aromatic carbocycles. The minimum absolute atomic E-state index is 0.00104. The highest BCUT2D eigenvalue weighted by Crippen LogP contribution is 2.21. The Hall–Kier alpha value is -2.74. The molecule has 1 N–H and O–H groups in total. The number of amides is 2. The molecule has 0 bridgehead atoms. The van der Waals surface area contributed by atoms with E-state index in [1.165, 1.54) is 12.1 Å². The van der Waals surface area contributed by atoms with E-state index in [2.05, 4.69) is 21.2 Å². The van der Waals surface area contributed by atoms with Crippen LogP contribution in [-0.4, -0.2) is 28.2 Å². The molecule has 0 saturated carbocycles. The molecule has 8 heteroatoms. The van der Waals surface area contributed by atoms with Crippen LogP contribution in [0, 0.1) is 16.0 Å². The van der Waals surface area contributed by atoms with Crippen molar-refractivity contribution in [2.24, 2.45) is 5.92 Å². The highest BCUT2D eigenvalue weighted by atomic mass is 79.9. The van der Waals surface area contributed by atoms with E-state index < -0.39 is 10.8 Å². The average Bonchev–Trinajstić information content (AvgIpc) is 2.69. The van der Waals surface area contributed by atoms with Gasteiger partial charge in [-0.05, 0) is 36.1 Å². The number of rotatable bonds is 6. The van der Waals surface area contributed by atoms with Crippen molar-refractivity contribution in [1.82, 2.24) is 10.2 Å². The second kappa shape index (κ2) is 8.97. The number of hydrogen-bond acceptors (Lipinski definition) is 4. The number of nitrogens with zero attached hydrogens (tertiary/aromatic N) is 2. The predicted octanol–water partition coefficient (Wildman–Crippen LogP) is 3.41. The summed E-state index contributed by atoms with van der Waals surface area (Å²) in [5.41, 5.74) is 1.76. The maximum atomic E-state index is 12.8. The molecule has 146 valence electrons. The molecule has 1 atom stereocenters. The molecule has 0 aromatic heterocycles. The zero-order valence-electron chi connectivity index (χ0n) is 15.1. The molecule has 1 fully saturated rings. The van der Waals surface area contributed by atoms with Crippen LogP contribution in [-0.2, 0) is 22.7 Å². The zero-order valence-corrected chi connectivity index (χ0v) is 16.7. The number of nitro benzene ring substituents is 1. The quantitative estimate of drug-likeness (QED) is 0.418. The minimum Gasteiger partial charge on any atom is -0.351 e. The monoisotopic (exact) mass is 445 g/mol. The third kappa shape index (κ3) is 4.95. The maximum Gasteiger partial charge on any atom is 0.269 e. The summed E-state index contributed by atoms with van der Waals surface area (Å²) in [6, 6.07) is 13.8.